The zero-order valence-corrected chi connectivity index (χ0v) is 22.2. The summed E-state index contributed by atoms with van der Waals surface area (Å²) >= 11 is 6.95. The standard InChI is InChI=1S/C26H28ClN11O/c1-15-13-36(14-19-4-5-22(39)31-19)6-7-37(15)21-9-16(10-28)8-20(23(21)27)33-25-34-24-17(11-29)12-30-38(24)26(35-25)32-18-2-3-18/h8-9,12,15,18-19H,2-7,13-14H2,1H3,(H,31,39)(H2,32,33,34,35)/t15-,19+/m0/s1. The summed E-state index contributed by atoms with van der Waals surface area (Å²) in [5.74, 6) is 0.868. The van der Waals surface area contributed by atoms with Gasteiger partial charge in [0.25, 0.3) is 0 Å². The molecular formula is C26H28ClN11O. The molecule has 12 nitrogen and oxygen atoms in total. The molecule has 1 aliphatic carbocycles. The van der Waals surface area contributed by atoms with E-state index in [2.05, 4.69) is 59.9 Å². The Morgan fingerprint density at radius 3 is 2.72 bits per heavy atom. The Hall–Kier alpha value is -4.13. The van der Waals surface area contributed by atoms with Crippen molar-refractivity contribution in [2.24, 2.45) is 0 Å². The number of carbonyl (C=O) groups is 1. The quantitative estimate of drug-likeness (QED) is 0.404. The van der Waals surface area contributed by atoms with E-state index >= 15 is 0 Å². The van der Waals surface area contributed by atoms with Crippen LogP contribution >= 0.6 is 11.6 Å². The van der Waals surface area contributed by atoms with E-state index in [-0.39, 0.29) is 23.9 Å². The van der Waals surface area contributed by atoms with E-state index in [0.29, 0.717) is 45.9 Å². The highest BCUT2D eigenvalue weighted by atomic mass is 35.5. The highest BCUT2D eigenvalue weighted by Crippen LogP contribution is 2.38. The third-order valence-electron chi connectivity index (χ3n) is 7.41. The lowest BCUT2D eigenvalue weighted by atomic mass is 10.1. The van der Waals surface area contributed by atoms with Crippen LogP contribution in [0.3, 0.4) is 0 Å². The van der Waals surface area contributed by atoms with Gasteiger partial charge in [-0.15, -0.1) is 0 Å². The molecule has 1 saturated carbocycles. The molecule has 0 bridgehead atoms. The van der Waals surface area contributed by atoms with E-state index in [0.717, 1.165) is 51.1 Å². The van der Waals surface area contributed by atoms with Gasteiger partial charge in [0.05, 0.1) is 34.2 Å². The number of halogens is 1. The fourth-order valence-electron chi connectivity index (χ4n) is 5.29. The third kappa shape index (κ3) is 5.13. The zero-order chi connectivity index (χ0) is 27.1. The van der Waals surface area contributed by atoms with Crippen LogP contribution in [0.5, 0.6) is 0 Å². The van der Waals surface area contributed by atoms with E-state index in [1.165, 1.54) is 10.7 Å². The molecule has 39 heavy (non-hydrogen) atoms. The lowest BCUT2D eigenvalue weighted by Crippen LogP contribution is -2.54. The van der Waals surface area contributed by atoms with Gasteiger partial charge in [-0.2, -0.15) is 30.1 Å². The molecular weight excluding hydrogens is 518 g/mol. The minimum atomic E-state index is 0.127. The topological polar surface area (TPSA) is 150 Å². The lowest BCUT2D eigenvalue weighted by molar-refractivity contribution is -0.119. The number of benzene rings is 1. The summed E-state index contributed by atoms with van der Waals surface area (Å²) in [5, 5.41) is 33.6. The van der Waals surface area contributed by atoms with Crippen LogP contribution < -0.4 is 20.9 Å². The van der Waals surface area contributed by atoms with Crippen LogP contribution in [0.4, 0.5) is 23.3 Å². The average molecular weight is 546 g/mol. The number of nitrogens with zero attached hydrogens (tertiary/aromatic N) is 8. The van der Waals surface area contributed by atoms with Crippen molar-refractivity contribution in [3.05, 3.63) is 34.5 Å². The van der Waals surface area contributed by atoms with Gasteiger partial charge in [-0.25, -0.2) is 0 Å². The van der Waals surface area contributed by atoms with E-state index in [1.54, 1.807) is 6.07 Å². The first kappa shape index (κ1) is 25.2. The van der Waals surface area contributed by atoms with Gasteiger partial charge in [-0.05, 0) is 38.3 Å². The van der Waals surface area contributed by atoms with Crippen LogP contribution in [0, 0.1) is 22.7 Å². The van der Waals surface area contributed by atoms with Crippen molar-refractivity contribution in [3.63, 3.8) is 0 Å². The number of nitrogens with one attached hydrogen (secondary N) is 3. The highest BCUT2D eigenvalue weighted by Gasteiger charge is 2.30. The van der Waals surface area contributed by atoms with E-state index in [9.17, 15) is 15.3 Å². The molecule has 1 amide bonds. The van der Waals surface area contributed by atoms with Gasteiger partial charge in [0.15, 0.2) is 5.65 Å². The Balaban J connectivity index is 1.27. The summed E-state index contributed by atoms with van der Waals surface area (Å²) in [6, 6.07) is 8.51. The molecule has 4 heterocycles. The second kappa shape index (κ2) is 10.2. The van der Waals surface area contributed by atoms with Gasteiger partial charge in [0.2, 0.25) is 17.8 Å². The van der Waals surface area contributed by atoms with Gasteiger partial charge >= 0.3 is 0 Å². The molecule has 3 aliphatic rings. The van der Waals surface area contributed by atoms with Crippen LogP contribution in [0.25, 0.3) is 5.65 Å². The monoisotopic (exact) mass is 545 g/mol. The number of fused-ring (bicyclic) bond motifs is 1. The number of hydrogen-bond donors (Lipinski definition) is 3. The smallest absolute Gasteiger partial charge is 0.232 e. The molecule has 13 heteroatoms. The minimum absolute atomic E-state index is 0.127. The number of piperazine rings is 1. The molecule has 2 aliphatic heterocycles. The molecule has 0 unspecified atom stereocenters. The number of amides is 1. The van der Waals surface area contributed by atoms with Gasteiger partial charge in [0.1, 0.15) is 11.6 Å². The molecule has 2 saturated heterocycles. The molecule has 200 valence electrons. The van der Waals surface area contributed by atoms with Gasteiger partial charge in [0, 0.05) is 50.7 Å². The number of hydrogen-bond acceptors (Lipinski definition) is 10. The number of rotatable bonds is 7. The fourth-order valence-corrected chi connectivity index (χ4v) is 5.56. The maximum absolute atomic E-state index is 11.6. The predicted octanol–water partition coefficient (Wildman–Crippen LogP) is 2.63. The van der Waals surface area contributed by atoms with Crippen LogP contribution in [-0.4, -0.2) is 74.7 Å². The summed E-state index contributed by atoms with van der Waals surface area (Å²) < 4.78 is 1.53. The second-order valence-electron chi connectivity index (χ2n) is 10.4. The van der Waals surface area contributed by atoms with Crippen molar-refractivity contribution in [2.45, 2.75) is 50.7 Å². The molecule has 2 atom stereocenters. The molecule has 2 aromatic heterocycles. The van der Waals surface area contributed by atoms with Gasteiger partial charge < -0.3 is 20.9 Å². The first-order chi connectivity index (χ1) is 18.9. The highest BCUT2D eigenvalue weighted by molar-refractivity contribution is 6.36. The maximum Gasteiger partial charge on any atom is 0.232 e. The molecule has 1 aromatic carbocycles. The summed E-state index contributed by atoms with van der Waals surface area (Å²) in [7, 11) is 0. The number of nitriles is 2. The van der Waals surface area contributed by atoms with Gasteiger partial charge in [-0.1, -0.05) is 11.6 Å². The molecule has 3 aromatic rings. The molecule has 0 spiro atoms. The number of aromatic nitrogens is 4. The summed E-state index contributed by atoms with van der Waals surface area (Å²) in [4.78, 5) is 25.3. The Labute approximate surface area is 230 Å². The van der Waals surface area contributed by atoms with E-state index < -0.39 is 0 Å². The van der Waals surface area contributed by atoms with Crippen molar-refractivity contribution in [2.75, 3.05) is 41.7 Å². The first-order valence-electron chi connectivity index (χ1n) is 13.1. The van der Waals surface area contributed by atoms with Crippen LogP contribution in [0.1, 0.15) is 43.7 Å². The largest absolute Gasteiger partial charge is 0.365 e. The molecule has 3 N–H and O–H groups in total. The van der Waals surface area contributed by atoms with Crippen molar-refractivity contribution in [1.82, 2.24) is 29.8 Å². The van der Waals surface area contributed by atoms with Crippen molar-refractivity contribution >= 4 is 46.4 Å². The minimum Gasteiger partial charge on any atom is -0.365 e. The second-order valence-corrected chi connectivity index (χ2v) is 10.8. The molecule has 0 radical (unpaired) electrons. The summed E-state index contributed by atoms with van der Waals surface area (Å²) in [5.41, 5.74) is 2.45. The van der Waals surface area contributed by atoms with Crippen molar-refractivity contribution < 1.29 is 4.79 Å². The Kier molecular flexibility index (Phi) is 6.59. The van der Waals surface area contributed by atoms with Crippen LogP contribution in [0.15, 0.2) is 18.3 Å². The van der Waals surface area contributed by atoms with Crippen LogP contribution in [0.2, 0.25) is 5.02 Å². The lowest BCUT2D eigenvalue weighted by Gasteiger charge is -2.42. The van der Waals surface area contributed by atoms with Gasteiger partial charge in [-0.3, -0.25) is 9.69 Å². The predicted molar refractivity (Wildman–Crippen MR) is 146 cm³/mol. The van der Waals surface area contributed by atoms with E-state index in [1.807, 2.05) is 6.07 Å². The number of anilines is 4. The fraction of sp³-hybridized carbons (Fsp3) is 0.462. The average Bonchev–Trinajstić information content (AvgIpc) is 3.49. The Morgan fingerprint density at radius 2 is 2.03 bits per heavy atom. The number of carbonyl (C=O) groups excluding carboxylic acids is 1. The Morgan fingerprint density at radius 1 is 1.18 bits per heavy atom. The summed E-state index contributed by atoms with van der Waals surface area (Å²) in [6.45, 7) is 5.34. The molecule has 6 rings (SSSR count). The van der Waals surface area contributed by atoms with Crippen LogP contribution in [-0.2, 0) is 4.79 Å². The normalized spacial score (nSPS) is 21.4. The van der Waals surface area contributed by atoms with Crippen molar-refractivity contribution in [3.8, 4) is 12.1 Å². The first-order valence-corrected chi connectivity index (χ1v) is 13.5. The summed E-state index contributed by atoms with van der Waals surface area (Å²) in [6.07, 6.45) is 5.02. The van der Waals surface area contributed by atoms with E-state index in [4.69, 9.17) is 11.6 Å². The maximum atomic E-state index is 11.6. The van der Waals surface area contributed by atoms with Crippen molar-refractivity contribution in [1.29, 1.82) is 10.5 Å². The zero-order valence-electron chi connectivity index (χ0n) is 21.5. The molecule has 3 fully saturated rings. The Bertz CT molecular complexity index is 1520. The SMILES string of the molecule is C[C@H]1CN(C[C@H]2CCC(=O)N2)CCN1c1cc(C#N)cc(Nc2nc(NC3CC3)n3ncc(C#N)c3n2)c1Cl. The third-order valence-corrected chi connectivity index (χ3v) is 7.81.